The minimum Gasteiger partial charge on any atom is -0.480 e. The molecule has 9 heteroatoms. The maximum absolute atomic E-state index is 12.2. The van der Waals surface area contributed by atoms with Crippen LogP contribution in [0.25, 0.3) is 0 Å². The minimum absolute atomic E-state index is 0.0321. The lowest BCUT2D eigenvalue weighted by Gasteiger charge is -2.19. The molecule has 2 rings (SSSR count). The molecule has 1 aromatic heterocycles. The predicted molar refractivity (Wildman–Crippen MR) is 91.3 cm³/mol. The predicted octanol–water partition coefficient (Wildman–Crippen LogP) is 0.489. The Labute approximate surface area is 149 Å². The number of benzene rings is 1. The summed E-state index contributed by atoms with van der Waals surface area (Å²) in [7, 11) is 1.22. The molecule has 26 heavy (non-hydrogen) atoms. The number of rotatable bonds is 8. The molecule has 2 atom stereocenters. The second kappa shape index (κ2) is 9.21. The standard InChI is InChI=1S/C17H20N4O5/c1-26-16(24)14(7-11-5-3-2-4-6-11)21-17(25)20-13(15(22)23)8-12-9-18-10-19-12/h2-6,9-10,13-14H,7-8H2,1H3,(H,18,19)(H,22,23)(H2,20,21,25)/t13-,14-/m0/s1. The van der Waals surface area contributed by atoms with Crippen LogP contribution in [0.2, 0.25) is 0 Å². The molecular formula is C17H20N4O5. The molecule has 0 fully saturated rings. The van der Waals surface area contributed by atoms with Crippen LogP contribution in [0, 0.1) is 0 Å². The van der Waals surface area contributed by atoms with Crippen LogP contribution >= 0.6 is 0 Å². The number of H-pyrrole nitrogens is 1. The zero-order valence-corrected chi connectivity index (χ0v) is 14.1. The van der Waals surface area contributed by atoms with E-state index in [1.807, 2.05) is 30.3 Å². The average Bonchev–Trinajstić information content (AvgIpc) is 3.14. The van der Waals surface area contributed by atoms with Crippen LogP contribution in [0.3, 0.4) is 0 Å². The highest BCUT2D eigenvalue weighted by Crippen LogP contribution is 2.05. The number of amides is 2. The normalized spacial score (nSPS) is 12.7. The number of aromatic nitrogens is 2. The molecule has 0 radical (unpaired) electrons. The first kappa shape index (κ1) is 19.0. The van der Waals surface area contributed by atoms with Gasteiger partial charge in [-0.2, -0.15) is 0 Å². The molecule has 1 heterocycles. The highest BCUT2D eigenvalue weighted by molar-refractivity contribution is 5.86. The first-order chi connectivity index (χ1) is 12.5. The maximum Gasteiger partial charge on any atom is 0.328 e. The van der Waals surface area contributed by atoms with Gasteiger partial charge in [0.2, 0.25) is 0 Å². The van der Waals surface area contributed by atoms with Gasteiger partial charge in [-0.1, -0.05) is 30.3 Å². The van der Waals surface area contributed by atoms with Crippen LogP contribution in [0.15, 0.2) is 42.9 Å². The second-order valence-electron chi connectivity index (χ2n) is 5.56. The Balaban J connectivity index is 2.00. The number of nitrogens with zero attached hydrogens (tertiary/aromatic N) is 1. The summed E-state index contributed by atoms with van der Waals surface area (Å²) in [5.41, 5.74) is 1.39. The molecule has 0 aliphatic rings. The molecule has 0 aliphatic heterocycles. The molecule has 0 saturated carbocycles. The first-order valence-corrected chi connectivity index (χ1v) is 7.88. The highest BCUT2D eigenvalue weighted by Gasteiger charge is 2.25. The fourth-order valence-electron chi connectivity index (χ4n) is 2.36. The van der Waals surface area contributed by atoms with Gasteiger partial charge in [0.05, 0.1) is 13.4 Å². The van der Waals surface area contributed by atoms with Gasteiger partial charge in [-0.15, -0.1) is 0 Å². The fourth-order valence-corrected chi connectivity index (χ4v) is 2.36. The number of aromatic amines is 1. The summed E-state index contributed by atoms with van der Waals surface area (Å²) < 4.78 is 4.71. The third kappa shape index (κ3) is 5.62. The number of carboxylic acid groups (broad SMARTS) is 1. The molecule has 138 valence electrons. The van der Waals surface area contributed by atoms with Gasteiger partial charge in [-0.05, 0) is 5.56 Å². The van der Waals surface area contributed by atoms with Gasteiger partial charge in [0, 0.05) is 24.7 Å². The van der Waals surface area contributed by atoms with E-state index in [1.165, 1.54) is 19.6 Å². The van der Waals surface area contributed by atoms with Crippen molar-refractivity contribution in [3.63, 3.8) is 0 Å². The zero-order valence-electron chi connectivity index (χ0n) is 14.1. The van der Waals surface area contributed by atoms with Crippen molar-refractivity contribution < 1.29 is 24.2 Å². The van der Waals surface area contributed by atoms with E-state index < -0.39 is 30.1 Å². The van der Waals surface area contributed by atoms with Gasteiger partial charge < -0.3 is 25.5 Å². The topological polar surface area (TPSA) is 133 Å². The van der Waals surface area contributed by atoms with Crippen LogP contribution in [-0.2, 0) is 27.2 Å². The Morgan fingerprint density at radius 1 is 1.15 bits per heavy atom. The van der Waals surface area contributed by atoms with Crippen LogP contribution in [0.4, 0.5) is 4.79 Å². The van der Waals surface area contributed by atoms with E-state index >= 15 is 0 Å². The Bertz CT molecular complexity index is 733. The van der Waals surface area contributed by atoms with Crippen molar-refractivity contribution in [2.45, 2.75) is 24.9 Å². The lowest BCUT2D eigenvalue weighted by atomic mass is 10.1. The van der Waals surface area contributed by atoms with Crippen LogP contribution in [0.1, 0.15) is 11.3 Å². The molecule has 0 unspecified atom stereocenters. The summed E-state index contributed by atoms with van der Waals surface area (Å²) in [5.74, 6) is -1.82. The van der Waals surface area contributed by atoms with Gasteiger partial charge in [-0.25, -0.2) is 19.4 Å². The molecule has 0 spiro atoms. The zero-order chi connectivity index (χ0) is 18.9. The van der Waals surface area contributed by atoms with Crippen LogP contribution in [-0.4, -0.2) is 52.2 Å². The van der Waals surface area contributed by atoms with Crippen molar-refractivity contribution in [3.8, 4) is 0 Å². The number of carboxylic acids is 1. The van der Waals surface area contributed by atoms with E-state index in [-0.39, 0.29) is 12.8 Å². The number of carbonyl (C=O) groups excluding carboxylic acids is 2. The van der Waals surface area contributed by atoms with E-state index in [0.717, 1.165) is 5.56 Å². The lowest BCUT2D eigenvalue weighted by molar-refractivity contribution is -0.142. The van der Waals surface area contributed by atoms with Crippen molar-refractivity contribution in [3.05, 3.63) is 54.1 Å². The highest BCUT2D eigenvalue weighted by atomic mass is 16.5. The van der Waals surface area contributed by atoms with Crippen molar-refractivity contribution in [2.24, 2.45) is 0 Å². The number of hydrogen-bond donors (Lipinski definition) is 4. The van der Waals surface area contributed by atoms with Gasteiger partial charge in [-0.3, -0.25) is 0 Å². The number of esters is 1. The number of urea groups is 1. The molecule has 4 N–H and O–H groups in total. The molecule has 2 aromatic rings. The third-order valence-electron chi connectivity index (χ3n) is 3.66. The third-order valence-corrected chi connectivity index (χ3v) is 3.66. The molecule has 0 bridgehead atoms. The van der Waals surface area contributed by atoms with Crippen molar-refractivity contribution in [1.29, 1.82) is 0 Å². The number of ether oxygens (including phenoxy) is 1. The first-order valence-electron chi connectivity index (χ1n) is 7.88. The fraction of sp³-hybridized carbons (Fsp3) is 0.294. The monoisotopic (exact) mass is 360 g/mol. The average molecular weight is 360 g/mol. The van der Waals surface area contributed by atoms with E-state index in [2.05, 4.69) is 20.6 Å². The van der Waals surface area contributed by atoms with Gasteiger partial charge >= 0.3 is 18.0 Å². The molecule has 0 aliphatic carbocycles. The van der Waals surface area contributed by atoms with Crippen molar-refractivity contribution in [1.82, 2.24) is 20.6 Å². The SMILES string of the molecule is COC(=O)[C@H](Cc1ccccc1)NC(=O)N[C@@H](Cc1cnc[nH]1)C(=O)O. The Hall–Kier alpha value is -3.36. The number of hydrogen-bond acceptors (Lipinski definition) is 5. The van der Waals surface area contributed by atoms with E-state index in [0.29, 0.717) is 5.69 Å². The smallest absolute Gasteiger partial charge is 0.328 e. The number of nitrogens with one attached hydrogen (secondary N) is 3. The van der Waals surface area contributed by atoms with E-state index in [4.69, 9.17) is 4.74 Å². The number of carbonyl (C=O) groups is 3. The second-order valence-corrected chi connectivity index (χ2v) is 5.56. The van der Waals surface area contributed by atoms with Gasteiger partial charge in [0.25, 0.3) is 0 Å². The summed E-state index contributed by atoms with van der Waals surface area (Å²) >= 11 is 0. The van der Waals surface area contributed by atoms with Crippen molar-refractivity contribution in [2.75, 3.05) is 7.11 Å². The summed E-state index contributed by atoms with van der Waals surface area (Å²) in [6.07, 6.45) is 3.15. The Morgan fingerprint density at radius 2 is 1.85 bits per heavy atom. The molecule has 9 nitrogen and oxygen atoms in total. The number of imidazole rings is 1. The molecule has 0 saturated heterocycles. The maximum atomic E-state index is 12.2. The molecular weight excluding hydrogens is 340 g/mol. The summed E-state index contributed by atoms with van der Waals surface area (Å²) in [5, 5.41) is 14.1. The number of aliphatic carboxylic acids is 1. The summed E-state index contributed by atoms with van der Waals surface area (Å²) in [4.78, 5) is 42.1. The van der Waals surface area contributed by atoms with Gasteiger partial charge in [0.15, 0.2) is 0 Å². The van der Waals surface area contributed by atoms with Gasteiger partial charge in [0.1, 0.15) is 12.1 Å². The quantitative estimate of drug-likeness (QED) is 0.506. The Morgan fingerprint density at radius 3 is 2.42 bits per heavy atom. The molecule has 1 aromatic carbocycles. The van der Waals surface area contributed by atoms with E-state index in [1.54, 1.807) is 0 Å². The van der Waals surface area contributed by atoms with Crippen molar-refractivity contribution >= 4 is 18.0 Å². The van der Waals surface area contributed by atoms with E-state index in [9.17, 15) is 19.5 Å². The van der Waals surface area contributed by atoms with Crippen LogP contribution in [0.5, 0.6) is 0 Å². The molecule has 2 amide bonds. The lowest BCUT2D eigenvalue weighted by Crippen LogP contribution is -2.52. The largest absolute Gasteiger partial charge is 0.480 e. The summed E-state index contributed by atoms with van der Waals surface area (Å²) in [6, 6.07) is 6.20. The van der Waals surface area contributed by atoms with Crippen LogP contribution < -0.4 is 10.6 Å². The summed E-state index contributed by atoms with van der Waals surface area (Å²) in [6.45, 7) is 0. The number of methoxy groups -OCH3 is 1. The Kier molecular flexibility index (Phi) is 6.72. The minimum atomic E-state index is -1.20.